The van der Waals surface area contributed by atoms with E-state index in [0.29, 0.717) is 47.8 Å². The molecule has 0 spiro atoms. The van der Waals surface area contributed by atoms with Gasteiger partial charge in [-0.3, -0.25) is 4.90 Å². The third kappa shape index (κ3) is 7.92. The van der Waals surface area contributed by atoms with Gasteiger partial charge in [-0.1, -0.05) is 36.0 Å². The number of thioether (sulfide) groups is 1. The summed E-state index contributed by atoms with van der Waals surface area (Å²) in [5.41, 5.74) is -3.31. The van der Waals surface area contributed by atoms with E-state index in [1.54, 1.807) is 85.4 Å². The van der Waals surface area contributed by atoms with Gasteiger partial charge >= 0.3 is 12.3 Å². The van der Waals surface area contributed by atoms with E-state index < -0.39 is 57.9 Å². The quantitative estimate of drug-likeness (QED) is 0.0805. The van der Waals surface area contributed by atoms with Crippen LogP contribution in [0.2, 0.25) is 0 Å². The van der Waals surface area contributed by atoms with Gasteiger partial charge < -0.3 is 28.7 Å². The average Bonchev–Trinajstić information content (AvgIpc) is 3.46. The Balaban J connectivity index is 1.28. The largest absolute Gasteiger partial charge is 0.497 e. The van der Waals surface area contributed by atoms with Crippen molar-refractivity contribution in [2.24, 2.45) is 0 Å². The van der Waals surface area contributed by atoms with Gasteiger partial charge in [0, 0.05) is 25.2 Å². The molecule has 3 aliphatic rings. The zero-order chi connectivity index (χ0) is 43.5. The molecule has 3 aromatic carbocycles. The lowest BCUT2D eigenvalue weighted by molar-refractivity contribution is -0.137. The van der Waals surface area contributed by atoms with E-state index in [2.05, 4.69) is 9.97 Å². The van der Waals surface area contributed by atoms with Gasteiger partial charge in [-0.15, -0.1) is 0 Å². The van der Waals surface area contributed by atoms with Crippen LogP contribution < -0.4 is 24.0 Å². The number of pyridine rings is 1. The third-order valence-corrected chi connectivity index (χ3v) is 11.9. The number of nitrogens with zero attached hydrogens (tertiary/aromatic N) is 6. The Hall–Kier alpha value is -5.58. The first-order valence-electron chi connectivity index (χ1n) is 19.8. The summed E-state index contributed by atoms with van der Waals surface area (Å²) in [6.07, 6.45) is -2.54. The highest BCUT2D eigenvalue weighted by Crippen LogP contribution is 2.48. The summed E-state index contributed by atoms with van der Waals surface area (Å²) in [5, 5.41) is 0.268. The Labute approximate surface area is 354 Å². The van der Waals surface area contributed by atoms with Crippen molar-refractivity contribution in [2.45, 2.75) is 88.7 Å². The highest BCUT2D eigenvalue weighted by Gasteiger charge is 2.52. The summed E-state index contributed by atoms with van der Waals surface area (Å²) in [6.45, 7) is 6.81. The predicted octanol–water partition coefficient (Wildman–Crippen LogP) is 9.59. The zero-order valence-electron chi connectivity index (χ0n) is 34.7. The number of hydrogen-bond donors (Lipinski definition) is 0. The minimum atomic E-state index is -5.13. The number of ether oxygens (including phenoxy) is 4. The van der Waals surface area contributed by atoms with Gasteiger partial charge in [-0.05, 0) is 93.8 Å². The molecular weight excluding hydrogens is 820 g/mol. The topological polar surface area (TPSA) is 102 Å². The first kappa shape index (κ1) is 42.1. The van der Waals surface area contributed by atoms with Crippen molar-refractivity contribution >= 4 is 40.3 Å². The maximum Gasteiger partial charge on any atom is 0.417 e. The molecule has 61 heavy (non-hydrogen) atoms. The number of fused-ring (bicyclic) bond motifs is 5. The fraction of sp³-hybridized carbons (Fsp3) is 0.409. The molecule has 322 valence electrons. The molecule has 3 atom stereocenters. The predicted molar refractivity (Wildman–Crippen MR) is 222 cm³/mol. The molecule has 0 radical (unpaired) electrons. The van der Waals surface area contributed by atoms with Crippen molar-refractivity contribution in [3.8, 4) is 28.6 Å². The standard InChI is InChI=1S/C44H45F5N6O5S/c1-23-34(44(47,48)49)29(18-31(35(23)45)53(19-24-8-13-27(57-5)14-9-24)20-25-10-15-28(58-6)16-11-25)37-36(46)38-33-39(52-41(51-38)61-7)54-21-26-12-17-30(32(54)22-59-40(33)50-37)55(26)42(56)60-43(2,3)4/h8-11,13-16,18,26,30,32H,12,17,19-22H2,1-7H3/t26-,30+,32-/m1/s1. The SMILES string of the molecule is COc1ccc(CN(Cc2ccc(OC)cc2)c2cc(-c3nc4c5c(nc(SC)nc5c3F)N3C[C@H]5CC[C@@H]([C@H]3CO4)N5C(=O)OC(C)(C)C)c(C(F)(F)F)c(C)c2F)cc1. The van der Waals surface area contributed by atoms with Gasteiger partial charge in [0.05, 0.1) is 43.6 Å². The monoisotopic (exact) mass is 864 g/mol. The maximum absolute atomic E-state index is 17.4. The number of rotatable bonds is 9. The molecule has 3 aliphatic heterocycles. The Kier molecular flexibility index (Phi) is 11.1. The number of aromatic nitrogens is 3. The lowest BCUT2D eigenvalue weighted by atomic mass is 9.95. The van der Waals surface area contributed by atoms with Crippen molar-refractivity contribution in [3.05, 3.63) is 88.5 Å². The van der Waals surface area contributed by atoms with Crippen LogP contribution in [0.3, 0.4) is 0 Å². The number of piperazine rings is 1. The Bertz CT molecular complexity index is 2430. The second-order valence-electron chi connectivity index (χ2n) is 16.4. The third-order valence-electron chi connectivity index (χ3n) is 11.4. The van der Waals surface area contributed by atoms with E-state index in [0.717, 1.165) is 24.8 Å². The lowest BCUT2D eigenvalue weighted by Crippen LogP contribution is -2.63. The Morgan fingerprint density at radius 3 is 2.08 bits per heavy atom. The van der Waals surface area contributed by atoms with E-state index in [-0.39, 0.29) is 59.4 Å². The minimum Gasteiger partial charge on any atom is -0.497 e. The number of carbonyl (C=O) groups is 1. The summed E-state index contributed by atoms with van der Waals surface area (Å²) in [6, 6.07) is 14.0. The molecule has 11 nitrogen and oxygen atoms in total. The smallest absolute Gasteiger partial charge is 0.417 e. The van der Waals surface area contributed by atoms with Crippen LogP contribution in [-0.2, 0) is 24.0 Å². The molecule has 2 aromatic heterocycles. The second kappa shape index (κ2) is 16.0. The van der Waals surface area contributed by atoms with Crippen LogP contribution in [0.1, 0.15) is 55.9 Å². The molecule has 5 aromatic rings. The number of carbonyl (C=O) groups excluding carboxylic acids is 1. The van der Waals surface area contributed by atoms with Gasteiger partial charge in [0.2, 0.25) is 5.88 Å². The zero-order valence-corrected chi connectivity index (χ0v) is 35.5. The normalized spacial score (nSPS) is 18.4. The number of hydrogen-bond acceptors (Lipinski definition) is 11. The number of anilines is 2. The Morgan fingerprint density at radius 1 is 0.902 bits per heavy atom. The van der Waals surface area contributed by atoms with Gasteiger partial charge in [0.1, 0.15) is 51.9 Å². The number of amides is 1. The molecule has 0 saturated carbocycles. The molecule has 17 heteroatoms. The summed E-state index contributed by atoms with van der Waals surface area (Å²) < 4.78 is 103. The van der Waals surface area contributed by atoms with Crippen LogP contribution in [0, 0.1) is 18.6 Å². The number of alkyl halides is 3. The van der Waals surface area contributed by atoms with Gasteiger partial charge in [-0.25, -0.2) is 28.5 Å². The maximum atomic E-state index is 17.4. The van der Waals surface area contributed by atoms with Crippen LogP contribution in [0.15, 0.2) is 59.8 Å². The minimum absolute atomic E-state index is 0.0495. The van der Waals surface area contributed by atoms with Crippen molar-refractivity contribution in [1.82, 2.24) is 19.9 Å². The van der Waals surface area contributed by atoms with Crippen LogP contribution >= 0.6 is 11.8 Å². The number of halogens is 5. The van der Waals surface area contributed by atoms with Crippen LogP contribution in [0.5, 0.6) is 17.4 Å². The molecule has 2 bridgehead atoms. The molecule has 2 fully saturated rings. The van der Waals surface area contributed by atoms with E-state index in [1.165, 1.54) is 14.2 Å². The van der Waals surface area contributed by atoms with E-state index in [1.807, 2.05) is 4.90 Å². The van der Waals surface area contributed by atoms with E-state index in [9.17, 15) is 4.79 Å². The summed E-state index contributed by atoms with van der Waals surface area (Å²) >= 11 is 1.14. The van der Waals surface area contributed by atoms with E-state index >= 15 is 22.0 Å². The van der Waals surface area contributed by atoms with Crippen LogP contribution in [0.25, 0.3) is 22.2 Å². The highest BCUT2D eigenvalue weighted by atomic mass is 32.2. The Morgan fingerprint density at radius 2 is 1.52 bits per heavy atom. The van der Waals surface area contributed by atoms with Gasteiger partial charge in [0.15, 0.2) is 11.0 Å². The first-order valence-corrected chi connectivity index (χ1v) is 21.0. The molecule has 0 N–H and O–H groups in total. The lowest BCUT2D eigenvalue weighted by Gasteiger charge is -2.46. The summed E-state index contributed by atoms with van der Waals surface area (Å²) in [5.74, 6) is -0.955. The molecule has 1 amide bonds. The van der Waals surface area contributed by atoms with E-state index in [4.69, 9.17) is 23.9 Å². The van der Waals surface area contributed by atoms with Crippen LogP contribution in [-0.4, -0.2) is 83.3 Å². The number of methoxy groups -OCH3 is 2. The summed E-state index contributed by atoms with van der Waals surface area (Å²) in [4.78, 5) is 32.6. The van der Waals surface area contributed by atoms with Crippen molar-refractivity contribution < 1.29 is 45.7 Å². The first-order chi connectivity index (χ1) is 29.0. The number of benzene rings is 3. The molecular formula is C44H45F5N6O5S. The molecule has 2 saturated heterocycles. The van der Waals surface area contributed by atoms with Crippen LogP contribution in [0.4, 0.5) is 38.3 Å². The van der Waals surface area contributed by atoms with Gasteiger partial charge in [-0.2, -0.15) is 13.2 Å². The van der Waals surface area contributed by atoms with Crippen molar-refractivity contribution in [3.63, 3.8) is 0 Å². The molecule has 0 unspecified atom stereocenters. The van der Waals surface area contributed by atoms with Gasteiger partial charge in [0.25, 0.3) is 0 Å². The van der Waals surface area contributed by atoms with Crippen molar-refractivity contribution in [1.29, 1.82) is 0 Å². The molecule has 5 heterocycles. The average molecular weight is 865 g/mol. The second-order valence-corrected chi connectivity index (χ2v) is 17.1. The van der Waals surface area contributed by atoms with Crippen molar-refractivity contribution in [2.75, 3.05) is 43.4 Å². The summed E-state index contributed by atoms with van der Waals surface area (Å²) in [7, 11) is 3.05. The highest BCUT2D eigenvalue weighted by molar-refractivity contribution is 7.98. The molecule has 0 aliphatic carbocycles. The molecule has 8 rings (SSSR count). The fourth-order valence-corrected chi connectivity index (χ4v) is 8.98. The fourth-order valence-electron chi connectivity index (χ4n) is 8.62.